The van der Waals surface area contributed by atoms with Gasteiger partial charge >= 0.3 is 0 Å². The predicted octanol–water partition coefficient (Wildman–Crippen LogP) is 1.89. The van der Waals surface area contributed by atoms with Gasteiger partial charge in [0.1, 0.15) is 11.5 Å². The zero-order chi connectivity index (χ0) is 19.6. The van der Waals surface area contributed by atoms with Crippen LogP contribution in [0.5, 0.6) is 0 Å². The molecule has 2 amide bonds. The standard InChI is InChI=1S/C21H25N3O4/c25-20(17-6-2-1-3-7-17)23-19(16-18-8-4-13-28-18)21(26)22-9-5-10-24-11-14-27-15-12-24/h1-4,6-8,13,16H,5,9-12,14-15H2,(H,22,26)(H,23,25)/b19-16+. The average molecular weight is 383 g/mol. The predicted molar refractivity (Wildman–Crippen MR) is 105 cm³/mol. The van der Waals surface area contributed by atoms with E-state index in [0.29, 0.717) is 17.9 Å². The molecule has 1 aliphatic rings. The Balaban J connectivity index is 1.56. The number of furan rings is 1. The van der Waals surface area contributed by atoms with Crippen molar-refractivity contribution in [2.75, 3.05) is 39.4 Å². The van der Waals surface area contributed by atoms with Gasteiger partial charge in [-0.2, -0.15) is 0 Å². The fourth-order valence-electron chi connectivity index (χ4n) is 2.88. The molecule has 1 fully saturated rings. The van der Waals surface area contributed by atoms with Gasteiger partial charge in [-0.3, -0.25) is 14.5 Å². The molecule has 0 spiro atoms. The Morgan fingerprint density at radius 1 is 1.07 bits per heavy atom. The van der Waals surface area contributed by atoms with Crippen LogP contribution in [0.2, 0.25) is 0 Å². The molecule has 0 bridgehead atoms. The average Bonchev–Trinajstić information content (AvgIpc) is 3.25. The maximum atomic E-state index is 12.6. The summed E-state index contributed by atoms with van der Waals surface area (Å²) in [6.45, 7) is 4.78. The quantitative estimate of drug-likeness (QED) is 0.537. The summed E-state index contributed by atoms with van der Waals surface area (Å²) in [5, 5.41) is 5.55. The smallest absolute Gasteiger partial charge is 0.267 e. The molecule has 3 rings (SSSR count). The molecule has 1 aromatic heterocycles. The van der Waals surface area contributed by atoms with Crippen molar-refractivity contribution in [3.05, 3.63) is 65.7 Å². The number of carbonyl (C=O) groups excluding carboxylic acids is 2. The summed E-state index contributed by atoms with van der Waals surface area (Å²) in [5.41, 5.74) is 0.628. The van der Waals surface area contributed by atoms with Gasteiger partial charge in [0.25, 0.3) is 11.8 Å². The van der Waals surface area contributed by atoms with Crippen molar-refractivity contribution in [3.63, 3.8) is 0 Å². The molecule has 0 unspecified atom stereocenters. The number of hydrogen-bond donors (Lipinski definition) is 2. The number of morpholine rings is 1. The van der Waals surface area contributed by atoms with Crippen molar-refractivity contribution in [2.24, 2.45) is 0 Å². The fraction of sp³-hybridized carbons (Fsp3) is 0.333. The van der Waals surface area contributed by atoms with E-state index in [1.807, 2.05) is 6.07 Å². The van der Waals surface area contributed by atoms with Crippen LogP contribution in [0.25, 0.3) is 6.08 Å². The van der Waals surface area contributed by atoms with E-state index in [4.69, 9.17) is 9.15 Å². The van der Waals surface area contributed by atoms with Crippen LogP contribution >= 0.6 is 0 Å². The Morgan fingerprint density at radius 3 is 2.57 bits per heavy atom. The summed E-state index contributed by atoms with van der Waals surface area (Å²) < 4.78 is 10.6. The minimum absolute atomic E-state index is 0.148. The topological polar surface area (TPSA) is 83.8 Å². The minimum Gasteiger partial charge on any atom is -0.465 e. The van der Waals surface area contributed by atoms with Crippen LogP contribution in [0.15, 0.2) is 58.8 Å². The monoisotopic (exact) mass is 383 g/mol. The summed E-state index contributed by atoms with van der Waals surface area (Å²) >= 11 is 0. The van der Waals surface area contributed by atoms with E-state index in [1.165, 1.54) is 12.3 Å². The van der Waals surface area contributed by atoms with Crippen LogP contribution in [0, 0.1) is 0 Å². The van der Waals surface area contributed by atoms with E-state index in [0.717, 1.165) is 39.3 Å². The van der Waals surface area contributed by atoms with Gasteiger partial charge in [0, 0.05) is 31.3 Å². The van der Waals surface area contributed by atoms with E-state index >= 15 is 0 Å². The summed E-state index contributed by atoms with van der Waals surface area (Å²) in [7, 11) is 0. The molecule has 148 valence electrons. The summed E-state index contributed by atoms with van der Waals surface area (Å²) in [5.74, 6) is -0.198. The van der Waals surface area contributed by atoms with Gasteiger partial charge < -0.3 is 19.8 Å². The fourth-order valence-corrected chi connectivity index (χ4v) is 2.88. The molecule has 2 aromatic rings. The van der Waals surface area contributed by atoms with Crippen LogP contribution < -0.4 is 10.6 Å². The van der Waals surface area contributed by atoms with Crippen LogP contribution in [0.4, 0.5) is 0 Å². The number of carbonyl (C=O) groups is 2. The van der Waals surface area contributed by atoms with Crippen molar-refractivity contribution < 1.29 is 18.7 Å². The Labute approximate surface area is 164 Å². The minimum atomic E-state index is -0.345. The van der Waals surface area contributed by atoms with Crippen molar-refractivity contribution in [1.82, 2.24) is 15.5 Å². The normalized spacial score (nSPS) is 15.2. The second kappa shape index (κ2) is 10.4. The highest BCUT2D eigenvalue weighted by molar-refractivity contribution is 6.05. The van der Waals surface area contributed by atoms with E-state index in [9.17, 15) is 9.59 Å². The van der Waals surface area contributed by atoms with E-state index in [2.05, 4.69) is 15.5 Å². The number of amides is 2. The molecule has 0 atom stereocenters. The van der Waals surface area contributed by atoms with E-state index in [1.54, 1.807) is 36.4 Å². The molecule has 1 saturated heterocycles. The molecule has 7 nitrogen and oxygen atoms in total. The second-order valence-electron chi connectivity index (χ2n) is 6.46. The van der Waals surface area contributed by atoms with Crippen LogP contribution in [-0.4, -0.2) is 56.1 Å². The van der Waals surface area contributed by atoms with Gasteiger partial charge in [0.2, 0.25) is 0 Å². The number of hydrogen-bond acceptors (Lipinski definition) is 5. The molecule has 0 saturated carbocycles. The number of nitrogens with zero attached hydrogens (tertiary/aromatic N) is 1. The third kappa shape index (κ3) is 6.07. The van der Waals surface area contributed by atoms with Crippen molar-refractivity contribution >= 4 is 17.9 Å². The maximum Gasteiger partial charge on any atom is 0.267 e. The Bertz CT molecular complexity index is 781. The van der Waals surface area contributed by atoms with E-state index < -0.39 is 0 Å². The van der Waals surface area contributed by atoms with Crippen LogP contribution in [0.3, 0.4) is 0 Å². The number of nitrogens with one attached hydrogen (secondary N) is 2. The largest absolute Gasteiger partial charge is 0.465 e. The number of rotatable bonds is 8. The van der Waals surface area contributed by atoms with Gasteiger partial charge in [-0.05, 0) is 37.2 Å². The molecule has 1 aliphatic heterocycles. The number of ether oxygens (including phenoxy) is 1. The first-order valence-corrected chi connectivity index (χ1v) is 9.42. The summed E-state index contributed by atoms with van der Waals surface area (Å²) in [6, 6.07) is 12.2. The molecular formula is C21H25N3O4. The maximum absolute atomic E-state index is 12.6. The van der Waals surface area contributed by atoms with Crippen molar-refractivity contribution in [2.45, 2.75) is 6.42 Å². The van der Waals surface area contributed by atoms with Gasteiger partial charge in [-0.25, -0.2) is 0 Å². The first-order valence-electron chi connectivity index (χ1n) is 9.42. The summed E-state index contributed by atoms with van der Waals surface area (Å²) in [6.07, 6.45) is 3.87. The molecule has 28 heavy (non-hydrogen) atoms. The lowest BCUT2D eigenvalue weighted by atomic mass is 10.2. The Morgan fingerprint density at radius 2 is 1.86 bits per heavy atom. The zero-order valence-electron chi connectivity index (χ0n) is 15.7. The van der Waals surface area contributed by atoms with Gasteiger partial charge in [-0.1, -0.05) is 18.2 Å². The zero-order valence-corrected chi connectivity index (χ0v) is 15.7. The van der Waals surface area contributed by atoms with Gasteiger partial charge in [0.05, 0.1) is 19.5 Å². The SMILES string of the molecule is O=C(NCCCN1CCOCC1)/C(=C\c1ccco1)NC(=O)c1ccccc1. The van der Waals surface area contributed by atoms with Crippen LogP contribution in [0.1, 0.15) is 22.5 Å². The van der Waals surface area contributed by atoms with Gasteiger partial charge in [-0.15, -0.1) is 0 Å². The molecular weight excluding hydrogens is 358 g/mol. The Kier molecular flexibility index (Phi) is 7.40. The third-order valence-electron chi connectivity index (χ3n) is 4.40. The molecule has 7 heteroatoms. The van der Waals surface area contributed by atoms with Crippen LogP contribution in [-0.2, 0) is 9.53 Å². The van der Waals surface area contributed by atoms with E-state index in [-0.39, 0.29) is 17.5 Å². The lowest BCUT2D eigenvalue weighted by molar-refractivity contribution is -0.117. The molecule has 2 N–H and O–H groups in total. The second-order valence-corrected chi connectivity index (χ2v) is 6.46. The molecule has 0 radical (unpaired) electrons. The Hall–Kier alpha value is -2.90. The first kappa shape index (κ1) is 19.9. The highest BCUT2D eigenvalue weighted by atomic mass is 16.5. The molecule has 0 aliphatic carbocycles. The molecule has 2 heterocycles. The lowest BCUT2D eigenvalue weighted by Gasteiger charge is -2.26. The molecule has 1 aromatic carbocycles. The van der Waals surface area contributed by atoms with Crippen molar-refractivity contribution in [3.8, 4) is 0 Å². The highest BCUT2D eigenvalue weighted by Gasteiger charge is 2.15. The van der Waals surface area contributed by atoms with Gasteiger partial charge in [0.15, 0.2) is 0 Å². The highest BCUT2D eigenvalue weighted by Crippen LogP contribution is 2.08. The van der Waals surface area contributed by atoms with Crippen molar-refractivity contribution in [1.29, 1.82) is 0 Å². The first-order chi connectivity index (χ1) is 13.7. The lowest BCUT2D eigenvalue weighted by Crippen LogP contribution is -2.39. The number of benzene rings is 1. The summed E-state index contributed by atoms with van der Waals surface area (Å²) in [4.78, 5) is 27.4. The third-order valence-corrected chi connectivity index (χ3v) is 4.40.